The van der Waals surface area contributed by atoms with E-state index >= 15 is 0 Å². The van der Waals surface area contributed by atoms with Crippen LogP contribution in [0.1, 0.15) is 52.8 Å². The summed E-state index contributed by atoms with van der Waals surface area (Å²) in [5.74, 6) is -0.0575. The second-order valence-corrected chi connectivity index (χ2v) is 9.93. The minimum absolute atomic E-state index is 0.0461. The standard InChI is InChI=1S/C29H27N3O3S/c33-26(20-10-4-1-5-11-20)19-36-29-31-25-18-21(27(34)30-22-12-6-2-7-13-22)16-17-24(25)28(35)32(29)23-14-8-3-9-15-23/h1,3-5,8-11,14-18,22H,2,6-7,12-13,19H2,(H,30,34). The molecule has 182 valence electrons. The van der Waals surface area contributed by atoms with E-state index in [1.807, 2.05) is 48.5 Å². The molecule has 1 N–H and O–H groups in total. The van der Waals surface area contributed by atoms with Gasteiger partial charge in [0.05, 0.1) is 22.3 Å². The molecule has 5 rings (SSSR count). The highest BCUT2D eigenvalue weighted by Crippen LogP contribution is 2.23. The molecule has 3 aromatic carbocycles. The molecular formula is C29H27N3O3S. The molecule has 1 heterocycles. The number of nitrogens with one attached hydrogen (secondary N) is 1. The lowest BCUT2D eigenvalue weighted by Gasteiger charge is -2.22. The van der Waals surface area contributed by atoms with E-state index in [-0.39, 0.29) is 29.0 Å². The quantitative estimate of drug-likeness (QED) is 0.209. The molecule has 0 radical (unpaired) electrons. The molecule has 0 unspecified atom stereocenters. The maximum atomic E-state index is 13.6. The lowest BCUT2D eigenvalue weighted by molar-refractivity contribution is 0.0927. The average Bonchev–Trinajstić information content (AvgIpc) is 2.93. The first-order valence-corrected chi connectivity index (χ1v) is 13.2. The second-order valence-electron chi connectivity index (χ2n) is 8.99. The Morgan fingerprint density at radius 3 is 2.31 bits per heavy atom. The Balaban J connectivity index is 1.50. The van der Waals surface area contributed by atoms with E-state index in [1.165, 1.54) is 22.7 Å². The van der Waals surface area contributed by atoms with Crippen molar-refractivity contribution in [3.05, 3.63) is 100 Å². The SMILES string of the molecule is O=C(CSc1nc2cc(C(=O)NC3CCCCC3)ccc2c(=O)n1-c1ccccc1)c1ccccc1. The van der Waals surface area contributed by atoms with E-state index in [9.17, 15) is 14.4 Å². The summed E-state index contributed by atoms with van der Waals surface area (Å²) in [4.78, 5) is 44.0. The van der Waals surface area contributed by atoms with Gasteiger partial charge in [0.1, 0.15) is 0 Å². The number of Topliss-reactive ketones (excluding diaryl/α,β-unsaturated/α-hetero) is 1. The topological polar surface area (TPSA) is 81.1 Å². The Morgan fingerprint density at radius 1 is 0.889 bits per heavy atom. The highest BCUT2D eigenvalue weighted by atomic mass is 32.2. The molecule has 0 atom stereocenters. The van der Waals surface area contributed by atoms with Crippen molar-refractivity contribution in [2.24, 2.45) is 0 Å². The van der Waals surface area contributed by atoms with Crippen LogP contribution in [0.25, 0.3) is 16.6 Å². The zero-order valence-corrected chi connectivity index (χ0v) is 20.7. The van der Waals surface area contributed by atoms with Gasteiger partial charge in [-0.15, -0.1) is 0 Å². The number of carbonyl (C=O) groups is 2. The molecule has 0 saturated heterocycles. The van der Waals surface area contributed by atoms with E-state index in [0.29, 0.717) is 32.9 Å². The monoisotopic (exact) mass is 497 g/mol. The van der Waals surface area contributed by atoms with Crippen LogP contribution in [0.5, 0.6) is 0 Å². The van der Waals surface area contributed by atoms with E-state index in [4.69, 9.17) is 4.98 Å². The average molecular weight is 498 g/mol. The fourth-order valence-electron chi connectivity index (χ4n) is 4.56. The number of carbonyl (C=O) groups excluding carboxylic acids is 2. The first-order chi connectivity index (χ1) is 17.6. The highest BCUT2D eigenvalue weighted by Gasteiger charge is 2.19. The molecular weight excluding hydrogens is 470 g/mol. The van der Waals surface area contributed by atoms with Crippen molar-refractivity contribution in [1.82, 2.24) is 14.9 Å². The molecule has 1 fully saturated rings. The molecule has 36 heavy (non-hydrogen) atoms. The van der Waals surface area contributed by atoms with Crippen LogP contribution in [-0.2, 0) is 0 Å². The number of thioether (sulfide) groups is 1. The minimum Gasteiger partial charge on any atom is -0.349 e. The normalized spacial score (nSPS) is 14.0. The fraction of sp³-hybridized carbons (Fsp3) is 0.241. The van der Waals surface area contributed by atoms with Crippen molar-refractivity contribution in [1.29, 1.82) is 0 Å². The Kier molecular flexibility index (Phi) is 7.28. The summed E-state index contributed by atoms with van der Waals surface area (Å²) in [5.41, 5.74) is 1.97. The molecule has 1 amide bonds. The second kappa shape index (κ2) is 10.9. The van der Waals surface area contributed by atoms with Crippen molar-refractivity contribution in [3.8, 4) is 5.69 Å². The Bertz CT molecular complexity index is 1450. The van der Waals surface area contributed by atoms with Crippen molar-refractivity contribution < 1.29 is 9.59 Å². The summed E-state index contributed by atoms with van der Waals surface area (Å²) in [7, 11) is 0. The highest BCUT2D eigenvalue weighted by molar-refractivity contribution is 7.99. The smallest absolute Gasteiger partial charge is 0.266 e. The maximum absolute atomic E-state index is 13.6. The van der Waals surface area contributed by atoms with E-state index < -0.39 is 0 Å². The first kappa shape index (κ1) is 24.0. The summed E-state index contributed by atoms with van der Waals surface area (Å²) in [6.45, 7) is 0. The number of nitrogens with zero attached hydrogens (tertiary/aromatic N) is 2. The first-order valence-electron chi connectivity index (χ1n) is 12.2. The number of hydrogen-bond donors (Lipinski definition) is 1. The Hall–Kier alpha value is -3.71. The lowest BCUT2D eigenvalue weighted by atomic mass is 9.95. The van der Waals surface area contributed by atoms with Crippen molar-refractivity contribution in [2.45, 2.75) is 43.3 Å². The Morgan fingerprint density at radius 2 is 1.58 bits per heavy atom. The van der Waals surface area contributed by atoms with Crippen molar-refractivity contribution in [2.75, 3.05) is 5.75 Å². The van der Waals surface area contributed by atoms with E-state index in [1.54, 1.807) is 30.3 Å². The van der Waals surface area contributed by atoms with Gasteiger partial charge in [-0.3, -0.25) is 19.0 Å². The molecule has 4 aromatic rings. The summed E-state index contributed by atoms with van der Waals surface area (Å²) in [6.07, 6.45) is 5.47. The molecule has 0 aliphatic heterocycles. The number of aromatic nitrogens is 2. The summed E-state index contributed by atoms with van der Waals surface area (Å²) in [5, 5.41) is 3.96. The van der Waals surface area contributed by atoms with Gasteiger partial charge in [-0.2, -0.15) is 0 Å². The van der Waals surface area contributed by atoms with Crippen molar-refractivity contribution >= 4 is 34.4 Å². The Labute approximate surface area is 213 Å². The summed E-state index contributed by atoms with van der Waals surface area (Å²) >= 11 is 1.22. The zero-order chi connectivity index (χ0) is 24.9. The van der Waals surface area contributed by atoms with Gasteiger partial charge in [0.2, 0.25) is 0 Å². The molecule has 1 aliphatic rings. The molecule has 0 bridgehead atoms. The van der Waals surface area contributed by atoms with Crippen molar-refractivity contribution in [3.63, 3.8) is 0 Å². The minimum atomic E-state index is -0.236. The van der Waals surface area contributed by atoms with Crippen LogP contribution in [0, 0.1) is 0 Å². The van der Waals surface area contributed by atoms with Crippen LogP contribution < -0.4 is 10.9 Å². The third-order valence-corrected chi connectivity index (χ3v) is 7.42. The lowest BCUT2D eigenvalue weighted by Crippen LogP contribution is -2.36. The van der Waals surface area contributed by atoms with Crippen LogP contribution in [0.3, 0.4) is 0 Å². The number of hydrogen-bond acceptors (Lipinski definition) is 5. The fourth-order valence-corrected chi connectivity index (χ4v) is 5.47. The van der Waals surface area contributed by atoms with Crippen LogP contribution >= 0.6 is 11.8 Å². The van der Waals surface area contributed by atoms with Gasteiger partial charge < -0.3 is 5.32 Å². The predicted molar refractivity (Wildman–Crippen MR) is 143 cm³/mol. The summed E-state index contributed by atoms with van der Waals surface area (Å²) in [6, 6.07) is 23.6. The van der Waals surface area contributed by atoms with Crippen LogP contribution in [-0.4, -0.2) is 33.0 Å². The largest absolute Gasteiger partial charge is 0.349 e. The van der Waals surface area contributed by atoms with Crippen LogP contribution in [0.15, 0.2) is 88.8 Å². The third-order valence-electron chi connectivity index (χ3n) is 6.48. The molecule has 1 saturated carbocycles. The zero-order valence-electron chi connectivity index (χ0n) is 19.9. The third kappa shape index (κ3) is 5.26. The van der Waals surface area contributed by atoms with E-state index in [0.717, 1.165) is 25.7 Å². The number of rotatable bonds is 7. The predicted octanol–water partition coefficient (Wildman–Crippen LogP) is 5.42. The van der Waals surface area contributed by atoms with Crippen LogP contribution in [0.2, 0.25) is 0 Å². The van der Waals surface area contributed by atoms with Gasteiger partial charge >= 0.3 is 0 Å². The van der Waals surface area contributed by atoms with Gasteiger partial charge in [0, 0.05) is 17.2 Å². The van der Waals surface area contributed by atoms with Gasteiger partial charge in [0.25, 0.3) is 11.5 Å². The number of ketones is 1. The van der Waals surface area contributed by atoms with Gasteiger partial charge in [-0.25, -0.2) is 4.98 Å². The van der Waals surface area contributed by atoms with Gasteiger partial charge in [0.15, 0.2) is 10.9 Å². The number of fused-ring (bicyclic) bond motifs is 1. The molecule has 1 aliphatic carbocycles. The van der Waals surface area contributed by atoms with Gasteiger partial charge in [-0.05, 0) is 43.2 Å². The molecule has 7 heteroatoms. The molecule has 1 aromatic heterocycles. The van der Waals surface area contributed by atoms with E-state index in [2.05, 4.69) is 5.32 Å². The molecule has 6 nitrogen and oxygen atoms in total. The summed E-state index contributed by atoms with van der Waals surface area (Å²) < 4.78 is 1.53. The van der Waals surface area contributed by atoms with Crippen LogP contribution in [0.4, 0.5) is 0 Å². The number of amides is 1. The maximum Gasteiger partial charge on any atom is 0.266 e. The van der Waals surface area contributed by atoms with Gasteiger partial charge in [-0.1, -0.05) is 79.6 Å². The number of para-hydroxylation sites is 1. The number of benzene rings is 3. The molecule has 0 spiro atoms.